The highest BCUT2D eigenvalue weighted by atomic mass is 35.5. The van der Waals surface area contributed by atoms with Crippen LogP contribution < -0.4 is 10.5 Å². The number of hydrogen-bond donors (Lipinski definition) is 1. The molecule has 1 aromatic rings. The standard InChI is InChI=1S/C6H8ClN3O/c1-3-9-5(7)4(11-2)6(8)10-3/h1-2H3,(H2,8,9,10). The molecule has 0 saturated carbocycles. The van der Waals surface area contributed by atoms with E-state index in [9.17, 15) is 0 Å². The van der Waals surface area contributed by atoms with Crippen LogP contribution in [0.5, 0.6) is 5.75 Å². The Hall–Kier alpha value is -1.03. The summed E-state index contributed by atoms with van der Waals surface area (Å²) in [5, 5.41) is 0.248. The number of aromatic nitrogens is 2. The van der Waals surface area contributed by atoms with Crippen LogP contribution in [0.15, 0.2) is 0 Å². The zero-order valence-corrected chi connectivity index (χ0v) is 7.01. The first-order valence-corrected chi connectivity index (χ1v) is 3.36. The molecular formula is C6H8ClN3O. The quantitative estimate of drug-likeness (QED) is 0.645. The van der Waals surface area contributed by atoms with Gasteiger partial charge >= 0.3 is 0 Å². The molecule has 0 saturated heterocycles. The van der Waals surface area contributed by atoms with Gasteiger partial charge in [-0.25, -0.2) is 9.97 Å². The molecule has 0 aromatic carbocycles. The molecule has 1 heterocycles. The third-order valence-electron chi connectivity index (χ3n) is 1.17. The first kappa shape index (κ1) is 8.07. The molecule has 5 heteroatoms. The molecule has 0 spiro atoms. The van der Waals surface area contributed by atoms with Crippen LogP contribution in [-0.2, 0) is 0 Å². The first-order valence-electron chi connectivity index (χ1n) is 2.98. The molecule has 2 N–H and O–H groups in total. The predicted molar refractivity (Wildman–Crippen MR) is 42.7 cm³/mol. The lowest BCUT2D eigenvalue weighted by Gasteiger charge is -2.04. The van der Waals surface area contributed by atoms with E-state index in [1.807, 2.05) is 0 Å². The average Bonchev–Trinajstić information content (AvgIpc) is 1.85. The summed E-state index contributed by atoms with van der Waals surface area (Å²) < 4.78 is 4.85. The van der Waals surface area contributed by atoms with E-state index in [1.165, 1.54) is 7.11 Å². The molecule has 0 bridgehead atoms. The fraction of sp³-hybridized carbons (Fsp3) is 0.333. The van der Waals surface area contributed by atoms with Crippen molar-refractivity contribution in [2.45, 2.75) is 6.92 Å². The number of halogens is 1. The minimum atomic E-state index is 0.248. The van der Waals surface area contributed by atoms with Crippen molar-refractivity contribution in [3.8, 4) is 5.75 Å². The summed E-state index contributed by atoms with van der Waals surface area (Å²) in [7, 11) is 1.47. The molecule has 0 aliphatic heterocycles. The molecule has 0 fully saturated rings. The van der Waals surface area contributed by atoms with E-state index in [0.29, 0.717) is 11.6 Å². The van der Waals surface area contributed by atoms with Gasteiger partial charge in [0.15, 0.2) is 16.7 Å². The van der Waals surface area contributed by atoms with Gasteiger partial charge in [-0.1, -0.05) is 11.6 Å². The van der Waals surface area contributed by atoms with Crippen molar-refractivity contribution >= 4 is 17.4 Å². The molecule has 0 unspecified atom stereocenters. The number of ether oxygens (including phenoxy) is 1. The van der Waals surface area contributed by atoms with Gasteiger partial charge in [-0.2, -0.15) is 0 Å². The van der Waals surface area contributed by atoms with Crippen molar-refractivity contribution in [2.75, 3.05) is 12.8 Å². The monoisotopic (exact) mass is 173 g/mol. The lowest BCUT2D eigenvalue weighted by atomic mass is 10.5. The minimum absolute atomic E-state index is 0.248. The molecule has 0 radical (unpaired) electrons. The van der Waals surface area contributed by atoms with Crippen molar-refractivity contribution in [3.05, 3.63) is 11.0 Å². The summed E-state index contributed by atoms with van der Waals surface area (Å²) in [6.45, 7) is 1.71. The number of nitrogen functional groups attached to an aromatic ring is 1. The molecule has 0 amide bonds. The average molecular weight is 174 g/mol. The number of hydrogen-bond acceptors (Lipinski definition) is 4. The highest BCUT2D eigenvalue weighted by molar-refractivity contribution is 6.31. The Bertz CT molecular complexity index is 254. The third kappa shape index (κ3) is 1.51. The van der Waals surface area contributed by atoms with Crippen molar-refractivity contribution < 1.29 is 4.74 Å². The van der Waals surface area contributed by atoms with Gasteiger partial charge in [0.05, 0.1) is 7.11 Å². The Morgan fingerprint density at radius 2 is 2.09 bits per heavy atom. The number of methoxy groups -OCH3 is 1. The van der Waals surface area contributed by atoms with E-state index in [-0.39, 0.29) is 11.0 Å². The van der Waals surface area contributed by atoms with Crippen LogP contribution in [0.2, 0.25) is 5.15 Å². The maximum Gasteiger partial charge on any atom is 0.198 e. The summed E-state index contributed by atoms with van der Waals surface area (Å²) in [5.41, 5.74) is 5.47. The fourth-order valence-electron chi connectivity index (χ4n) is 0.737. The highest BCUT2D eigenvalue weighted by Gasteiger charge is 2.07. The Morgan fingerprint density at radius 3 is 2.55 bits per heavy atom. The first-order chi connectivity index (χ1) is 5.15. The molecule has 1 rings (SSSR count). The van der Waals surface area contributed by atoms with Gasteiger partial charge in [-0.15, -0.1) is 0 Å². The lowest BCUT2D eigenvalue weighted by molar-refractivity contribution is 0.413. The summed E-state index contributed by atoms with van der Waals surface area (Å²) in [4.78, 5) is 7.72. The summed E-state index contributed by atoms with van der Waals surface area (Å²) in [5.74, 6) is 1.13. The van der Waals surface area contributed by atoms with Crippen LogP contribution in [-0.4, -0.2) is 17.1 Å². The van der Waals surface area contributed by atoms with Crippen LogP contribution >= 0.6 is 11.6 Å². The van der Waals surface area contributed by atoms with Crippen molar-refractivity contribution in [3.63, 3.8) is 0 Å². The maximum atomic E-state index is 5.68. The largest absolute Gasteiger partial charge is 0.490 e. The zero-order valence-electron chi connectivity index (χ0n) is 6.26. The number of rotatable bonds is 1. The van der Waals surface area contributed by atoms with Gasteiger partial charge in [0.25, 0.3) is 0 Å². The fourth-order valence-corrected chi connectivity index (χ4v) is 1.03. The number of nitrogens with zero attached hydrogens (tertiary/aromatic N) is 2. The molecular weight excluding hydrogens is 166 g/mol. The third-order valence-corrected chi connectivity index (χ3v) is 1.42. The lowest BCUT2D eigenvalue weighted by Crippen LogP contribution is -2.00. The van der Waals surface area contributed by atoms with Gasteiger partial charge in [0.2, 0.25) is 0 Å². The smallest absolute Gasteiger partial charge is 0.198 e. The van der Waals surface area contributed by atoms with Gasteiger partial charge < -0.3 is 10.5 Å². The Balaban J connectivity index is 3.25. The zero-order chi connectivity index (χ0) is 8.43. The van der Waals surface area contributed by atoms with E-state index < -0.39 is 0 Å². The highest BCUT2D eigenvalue weighted by Crippen LogP contribution is 2.26. The molecule has 0 aliphatic carbocycles. The van der Waals surface area contributed by atoms with Crippen LogP contribution in [0.25, 0.3) is 0 Å². The van der Waals surface area contributed by atoms with Crippen molar-refractivity contribution in [2.24, 2.45) is 0 Å². The molecule has 0 aliphatic rings. The van der Waals surface area contributed by atoms with Crippen LogP contribution in [0.4, 0.5) is 5.82 Å². The number of anilines is 1. The van der Waals surface area contributed by atoms with E-state index in [1.54, 1.807) is 6.92 Å². The normalized spacial score (nSPS) is 9.73. The SMILES string of the molecule is COc1c(N)nc(C)nc1Cl. The Labute approximate surface area is 69.4 Å². The minimum Gasteiger partial charge on any atom is -0.490 e. The maximum absolute atomic E-state index is 5.68. The van der Waals surface area contributed by atoms with Crippen LogP contribution in [0.3, 0.4) is 0 Å². The van der Waals surface area contributed by atoms with Crippen molar-refractivity contribution in [1.82, 2.24) is 9.97 Å². The van der Waals surface area contributed by atoms with Crippen LogP contribution in [0, 0.1) is 6.92 Å². The second-order valence-corrected chi connectivity index (χ2v) is 2.34. The molecule has 0 atom stereocenters. The van der Waals surface area contributed by atoms with Gasteiger partial charge in [-0.3, -0.25) is 0 Å². The van der Waals surface area contributed by atoms with Gasteiger partial charge in [0, 0.05) is 0 Å². The molecule has 11 heavy (non-hydrogen) atoms. The number of nitrogens with two attached hydrogens (primary N) is 1. The summed E-state index contributed by atoms with van der Waals surface area (Å²) >= 11 is 5.68. The second kappa shape index (κ2) is 2.92. The predicted octanol–water partition coefficient (Wildman–Crippen LogP) is 1.03. The topological polar surface area (TPSA) is 61.0 Å². The Morgan fingerprint density at radius 1 is 1.45 bits per heavy atom. The summed E-state index contributed by atoms with van der Waals surface area (Å²) in [6, 6.07) is 0. The van der Waals surface area contributed by atoms with E-state index in [0.717, 1.165) is 0 Å². The van der Waals surface area contributed by atoms with Crippen LogP contribution in [0.1, 0.15) is 5.82 Å². The number of aryl methyl sites for hydroxylation is 1. The summed E-state index contributed by atoms with van der Waals surface area (Å²) in [6.07, 6.45) is 0. The van der Waals surface area contributed by atoms with E-state index in [4.69, 9.17) is 22.1 Å². The molecule has 60 valence electrons. The molecule has 4 nitrogen and oxygen atoms in total. The van der Waals surface area contributed by atoms with Gasteiger partial charge in [-0.05, 0) is 6.92 Å². The van der Waals surface area contributed by atoms with E-state index in [2.05, 4.69) is 9.97 Å². The second-order valence-electron chi connectivity index (χ2n) is 1.98. The van der Waals surface area contributed by atoms with E-state index >= 15 is 0 Å². The Kier molecular flexibility index (Phi) is 2.14. The van der Waals surface area contributed by atoms with Crippen molar-refractivity contribution in [1.29, 1.82) is 0 Å². The molecule has 1 aromatic heterocycles. The van der Waals surface area contributed by atoms with Gasteiger partial charge in [0.1, 0.15) is 5.82 Å².